The fourth-order valence-electron chi connectivity index (χ4n) is 2.54. The van der Waals surface area contributed by atoms with Crippen LogP contribution < -0.4 is 20.5 Å². The van der Waals surface area contributed by atoms with Crippen LogP contribution in [0.1, 0.15) is 28.8 Å². The average Bonchev–Trinajstić information content (AvgIpc) is 2.72. The van der Waals surface area contributed by atoms with Crippen molar-refractivity contribution in [3.8, 4) is 23.3 Å². The maximum Gasteiger partial charge on any atom is 0.252 e. The molecule has 0 aromatic heterocycles. The standard InChI is InChI=1S/C21H25N3O5/c22-12-15-5-1-2-6-20(15)29-14-16(25)13-24-9-3-4-10-28-17-7-8-19(26)18(11-17)21(23)27/h1-2,5-8,11,16,24-26H,3-4,9-10,13-14H2,(H2,23,27). The normalized spacial score (nSPS) is 11.4. The molecule has 0 aliphatic carbocycles. The van der Waals surface area contributed by atoms with Gasteiger partial charge in [0.2, 0.25) is 0 Å². The largest absolute Gasteiger partial charge is 0.507 e. The van der Waals surface area contributed by atoms with Crippen LogP contribution in [-0.2, 0) is 0 Å². The van der Waals surface area contributed by atoms with Crippen LogP contribution in [0, 0.1) is 11.3 Å². The zero-order chi connectivity index (χ0) is 21.1. The molecule has 0 radical (unpaired) electrons. The number of nitrogens with two attached hydrogens (primary N) is 1. The number of nitriles is 1. The van der Waals surface area contributed by atoms with Crippen LogP contribution in [0.3, 0.4) is 0 Å². The molecule has 0 heterocycles. The van der Waals surface area contributed by atoms with Crippen molar-refractivity contribution in [2.45, 2.75) is 18.9 Å². The van der Waals surface area contributed by atoms with E-state index in [9.17, 15) is 15.0 Å². The second-order valence-electron chi connectivity index (χ2n) is 6.38. The van der Waals surface area contributed by atoms with Crippen molar-refractivity contribution < 1.29 is 24.5 Å². The number of rotatable bonds is 12. The van der Waals surface area contributed by atoms with Gasteiger partial charge in [0.1, 0.15) is 36.0 Å². The zero-order valence-corrected chi connectivity index (χ0v) is 16.0. The molecule has 5 N–H and O–H groups in total. The van der Waals surface area contributed by atoms with E-state index < -0.39 is 12.0 Å². The van der Waals surface area contributed by atoms with Gasteiger partial charge in [-0.15, -0.1) is 0 Å². The minimum absolute atomic E-state index is 0.0257. The van der Waals surface area contributed by atoms with E-state index in [2.05, 4.69) is 5.32 Å². The Kier molecular flexibility index (Phi) is 8.76. The molecule has 1 amide bonds. The number of aromatic hydroxyl groups is 1. The molecule has 29 heavy (non-hydrogen) atoms. The summed E-state index contributed by atoms with van der Waals surface area (Å²) in [5.74, 6) is 0.0400. The van der Waals surface area contributed by atoms with Gasteiger partial charge < -0.3 is 30.7 Å². The van der Waals surface area contributed by atoms with Crippen LogP contribution in [0.15, 0.2) is 42.5 Å². The molecule has 2 aromatic carbocycles. The monoisotopic (exact) mass is 399 g/mol. The van der Waals surface area contributed by atoms with E-state index in [0.29, 0.717) is 36.8 Å². The molecule has 8 heteroatoms. The van der Waals surface area contributed by atoms with Gasteiger partial charge in [-0.2, -0.15) is 5.26 Å². The summed E-state index contributed by atoms with van der Waals surface area (Å²) in [5.41, 5.74) is 5.64. The molecule has 0 bridgehead atoms. The van der Waals surface area contributed by atoms with E-state index in [0.717, 1.165) is 12.8 Å². The number of primary amides is 1. The number of carbonyl (C=O) groups excluding carboxylic acids is 1. The van der Waals surface area contributed by atoms with Crippen LogP contribution in [0.25, 0.3) is 0 Å². The minimum atomic E-state index is -0.712. The molecule has 0 aliphatic rings. The highest BCUT2D eigenvalue weighted by Crippen LogP contribution is 2.22. The lowest BCUT2D eigenvalue weighted by Crippen LogP contribution is -2.32. The lowest BCUT2D eigenvalue weighted by Gasteiger charge is -2.14. The lowest BCUT2D eigenvalue weighted by molar-refractivity contribution is 0.0997. The summed E-state index contributed by atoms with van der Waals surface area (Å²) < 4.78 is 11.0. The van der Waals surface area contributed by atoms with Gasteiger partial charge in [-0.25, -0.2) is 0 Å². The number of hydrogen-bond acceptors (Lipinski definition) is 7. The zero-order valence-electron chi connectivity index (χ0n) is 16.0. The quantitative estimate of drug-likeness (QED) is 0.397. The van der Waals surface area contributed by atoms with Crippen molar-refractivity contribution >= 4 is 5.91 Å². The Labute approximate surface area is 169 Å². The van der Waals surface area contributed by atoms with Gasteiger partial charge >= 0.3 is 0 Å². The molecule has 154 valence electrons. The number of unbranched alkanes of at least 4 members (excludes halogenated alkanes) is 1. The molecule has 2 rings (SSSR count). The highest BCUT2D eigenvalue weighted by Gasteiger charge is 2.09. The summed E-state index contributed by atoms with van der Waals surface area (Å²) in [6.45, 7) is 1.60. The lowest BCUT2D eigenvalue weighted by atomic mass is 10.2. The highest BCUT2D eigenvalue weighted by atomic mass is 16.5. The Morgan fingerprint density at radius 2 is 2.00 bits per heavy atom. The number of carbonyl (C=O) groups is 1. The third-order valence-corrected chi connectivity index (χ3v) is 4.07. The number of hydrogen-bond donors (Lipinski definition) is 4. The molecule has 0 saturated heterocycles. The summed E-state index contributed by atoms with van der Waals surface area (Å²) in [4.78, 5) is 11.2. The molecule has 0 spiro atoms. The second kappa shape index (κ2) is 11.5. The summed E-state index contributed by atoms with van der Waals surface area (Å²) in [5, 5.41) is 31.6. The average molecular weight is 399 g/mol. The van der Waals surface area contributed by atoms with E-state index in [1.165, 1.54) is 12.1 Å². The third kappa shape index (κ3) is 7.33. The van der Waals surface area contributed by atoms with Crippen LogP contribution >= 0.6 is 0 Å². The SMILES string of the molecule is N#Cc1ccccc1OCC(O)CNCCCCOc1ccc(O)c(C(N)=O)c1. The molecular formula is C21H25N3O5. The second-order valence-corrected chi connectivity index (χ2v) is 6.38. The van der Waals surface area contributed by atoms with E-state index in [1.54, 1.807) is 30.3 Å². The highest BCUT2D eigenvalue weighted by molar-refractivity contribution is 5.95. The molecule has 0 saturated carbocycles. The fraction of sp³-hybridized carbons (Fsp3) is 0.333. The smallest absolute Gasteiger partial charge is 0.252 e. The number of amides is 1. The Morgan fingerprint density at radius 3 is 2.76 bits per heavy atom. The Morgan fingerprint density at radius 1 is 1.21 bits per heavy atom. The van der Waals surface area contributed by atoms with Gasteiger partial charge in [-0.1, -0.05) is 12.1 Å². The van der Waals surface area contributed by atoms with Gasteiger partial charge in [-0.3, -0.25) is 4.79 Å². The fourth-order valence-corrected chi connectivity index (χ4v) is 2.54. The first-order valence-electron chi connectivity index (χ1n) is 9.27. The summed E-state index contributed by atoms with van der Waals surface area (Å²) >= 11 is 0. The number of para-hydroxylation sites is 1. The predicted molar refractivity (Wildman–Crippen MR) is 107 cm³/mol. The van der Waals surface area contributed by atoms with Crippen molar-refractivity contribution in [2.75, 3.05) is 26.3 Å². The van der Waals surface area contributed by atoms with Gasteiger partial charge in [0.05, 0.1) is 17.7 Å². The Hall–Kier alpha value is -3.28. The van der Waals surface area contributed by atoms with Crippen LogP contribution in [0.4, 0.5) is 0 Å². The molecule has 8 nitrogen and oxygen atoms in total. The molecule has 0 fully saturated rings. The number of benzene rings is 2. The molecular weight excluding hydrogens is 374 g/mol. The van der Waals surface area contributed by atoms with Gasteiger partial charge in [-0.05, 0) is 49.7 Å². The number of nitrogens with one attached hydrogen (secondary N) is 1. The molecule has 0 aliphatic heterocycles. The van der Waals surface area contributed by atoms with Crippen LogP contribution in [-0.4, -0.2) is 48.5 Å². The van der Waals surface area contributed by atoms with E-state index in [1.807, 2.05) is 6.07 Å². The number of ether oxygens (including phenoxy) is 2. The number of aliphatic hydroxyl groups is 1. The Balaban J connectivity index is 1.57. The van der Waals surface area contributed by atoms with Crippen molar-refractivity contribution in [1.82, 2.24) is 5.32 Å². The van der Waals surface area contributed by atoms with Crippen LogP contribution in [0.2, 0.25) is 0 Å². The van der Waals surface area contributed by atoms with E-state index >= 15 is 0 Å². The number of aliphatic hydroxyl groups excluding tert-OH is 1. The summed E-state index contributed by atoms with van der Waals surface area (Å²) in [6.07, 6.45) is 0.898. The Bertz CT molecular complexity index is 850. The first kappa shape index (κ1) is 22.0. The van der Waals surface area contributed by atoms with Crippen LogP contribution in [0.5, 0.6) is 17.2 Å². The first-order valence-corrected chi connectivity index (χ1v) is 9.27. The minimum Gasteiger partial charge on any atom is -0.507 e. The first-order chi connectivity index (χ1) is 14.0. The topological polar surface area (TPSA) is 138 Å². The maximum absolute atomic E-state index is 11.2. The van der Waals surface area contributed by atoms with Crippen molar-refractivity contribution in [2.24, 2.45) is 5.73 Å². The van der Waals surface area contributed by atoms with Gasteiger partial charge in [0.15, 0.2) is 0 Å². The molecule has 1 atom stereocenters. The van der Waals surface area contributed by atoms with Crippen molar-refractivity contribution in [3.63, 3.8) is 0 Å². The van der Waals surface area contributed by atoms with E-state index in [-0.39, 0.29) is 17.9 Å². The van der Waals surface area contributed by atoms with Gasteiger partial charge in [0.25, 0.3) is 5.91 Å². The molecule has 1 unspecified atom stereocenters. The van der Waals surface area contributed by atoms with Crippen molar-refractivity contribution in [1.29, 1.82) is 5.26 Å². The number of phenols is 1. The van der Waals surface area contributed by atoms with Crippen molar-refractivity contribution in [3.05, 3.63) is 53.6 Å². The maximum atomic E-state index is 11.2. The number of nitrogens with zero attached hydrogens (tertiary/aromatic N) is 1. The van der Waals surface area contributed by atoms with E-state index in [4.69, 9.17) is 20.5 Å². The molecule has 2 aromatic rings. The van der Waals surface area contributed by atoms with Gasteiger partial charge in [0, 0.05) is 6.54 Å². The predicted octanol–water partition coefficient (Wildman–Crippen LogP) is 1.55. The summed E-state index contributed by atoms with van der Waals surface area (Å²) in [7, 11) is 0. The third-order valence-electron chi connectivity index (χ3n) is 4.07. The summed E-state index contributed by atoms with van der Waals surface area (Å²) in [6, 6.07) is 13.3.